The van der Waals surface area contributed by atoms with Crippen LogP contribution in [0, 0.1) is 0 Å². The molecule has 0 aliphatic rings. The van der Waals surface area contributed by atoms with Crippen molar-refractivity contribution in [1.29, 1.82) is 0 Å². The third-order valence-electron chi connectivity index (χ3n) is 3.07. The summed E-state index contributed by atoms with van der Waals surface area (Å²) >= 11 is 0. The molecule has 0 aliphatic heterocycles. The van der Waals surface area contributed by atoms with Gasteiger partial charge in [0.2, 0.25) is 5.91 Å². The number of rotatable bonds is 7. The number of carboxylic acids is 1. The molecule has 110 valence electrons. The number of carboxylic acid groups (broad SMARTS) is 1. The Morgan fingerprint density at radius 2 is 2.19 bits per heavy atom. The van der Waals surface area contributed by atoms with Crippen LogP contribution in [0.4, 0.5) is 0 Å². The SMILES string of the molecule is O=C(CCn1ccnc1)NCCc1cccc(C(=O)O)c1. The van der Waals surface area contributed by atoms with Crippen molar-refractivity contribution in [1.82, 2.24) is 14.9 Å². The third-order valence-corrected chi connectivity index (χ3v) is 3.07. The molecule has 6 nitrogen and oxygen atoms in total. The average Bonchev–Trinajstić information content (AvgIpc) is 2.99. The molecule has 0 atom stereocenters. The van der Waals surface area contributed by atoms with Gasteiger partial charge in [-0.05, 0) is 24.1 Å². The normalized spacial score (nSPS) is 10.3. The number of nitrogens with zero attached hydrogens (tertiary/aromatic N) is 2. The second-order valence-corrected chi connectivity index (χ2v) is 4.66. The minimum absolute atomic E-state index is 0.0295. The quantitative estimate of drug-likeness (QED) is 0.804. The zero-order chi connectivity index (χ0) is 15.1. The lowest BCUT2D eigenvalue weighted by atomic mass is 10.1. The lowest BCUT2D eigenvalue weighted by Gasteiger charge is -2.06. The molecule has 0 radical (unpaired) electrons. The Morgan fingerprint density at radius 3 is 2.90 bits per heavy atom. The highest BCUT2D eigenvalue weighted by Gasteiger charge is 2.04. The first-order chi connectivity index (χ1) is 10.1. The highest BCUT2D eigenvalue weighted by Crippen LogP contribution is 2.05. The van der Waals surface area contributed by atoms with Gasteiger partial charge < -0.3 is 15.0 Å². The summed E-state index contributed by atoms with van der Waals surface area (Å²) in [4.78, 5) is 26.4. The maximum atomic E-state index is 11.7. The van der Waals surface area contributed by atoms with Gasteiger partial charge in [-0.1, -0.05) is 12.1 Å². The molecule has 0 bridgehead atoms. The number of hydrogen-bond donors (Lipinski definition) is 2. The summed E-state index contributed by atoms with van der Waals surface area (Å²) in [5.74, 6) is -0.973. The molecule has 1 heterocycles. The first-order valence-corrected chi connectivity index (χ1v) is 6.70. The van der Waals surface area contributed by atoms with Crippen LogP contribution in [-0.2, 0) is 17.8 Å². The van der Waals surface area contributed by atoms with Crippen molar-refractivity contribution >= 4 is 11.9 Å². The first kappa shape index (κ1) is 14.8. The number of imidazole rings is 1. The molecule has 21 heavy (non-hydrogen) atoms. The number of aromatic carboxylic acids is 1. The van der Waals surface area contributed by atoms with Crippen LogP contribution in [0.3, 0.4) is 0 Å². The van der Waals surface area contributed by atoms with Crippen LogP contribution in [0.1, 0.15) is 22.3 Å². The van der Waals surface area contributed by atoms with Crippen molar-refractivity contribution < 1.29 is 14.7 Å². The Bertz CT molecular complexity index is 608. The van der Waals surface area contributed by atoms with Crippen molar-refractivity contribution in [2.45, 2.75) is 19.4 Å². The van der Waals surface area contributed by atoms with E-state index in [4.69, 9.17) is 5.11 Å². The minimum Gasteiger partial charge on any atom is -0.478 e. The van der Waals surface area contributed by atoms with E-state index in [9.17, 15) is 9.59 Å². The molecule has 0 aliphatic carbocycles. The highest BCUT2D eigenvalue weighted by atomic mass is 16.4. The molecule has 0 saturated carbocycles. The Balaban J connectivity index is 1.72. The van der Waals surface area contributed by atoms with E-state index in [1.54, 1.807) is 30.7 Å². The largest absolute Gasteiger partial charge is 0.478 e. The second kappa shape index (κ2) is 7.23. The fraction of sp³-hybridized carbons (Fsp3) is 0.267. The van der Waals surface area contributed by atoms with Crippen LogP contribution in [0.25, 0.3) is 0 Å². The van der Waals surface area contributed by atoms with Crippen molar-refractivity contribution in [3.8, 4) is 0 Å². The van der Waals surface area contributed by atoms with Crippen LogP contribution in [-0.4, -0.2) is 33.1 Å². The predicted octanol–water partition coefficient (Wildman–Crippen LogP) is 1.33. The van der Waals surface area contributed by atoms with Gasteiger partial charge in [0, 0.05) is 31.9 Å². The van der Waals surface area contributed by atoms with Crippen LogP contribution >= 0.6 is 0 Å². The van der Waals surface area contributed by atoms with Crippen molar-refractivity contribution in [3.05, 3.63) is 54.1 Å². The van der Waals surface area contributed by atoms with Crippen LogP contribution in [0.2, 0.25) is 0 Å². The standard InChI is InChI=1S/C15H17N3O3/c19-14(5-8-18-9-7-16-11-18)17-6-4-12-2-1-3-13(10-12)15(20)21/h1-3,7,9-11H,4-6,8H2,(H,17,19)(H,20,21). The van der Waals surface area contributed by atoms with E-state index in [1.807, 2.05) is 16.8 Å². The van der Waals surface area contributed by atoms with Crippen molar-refractivity contribution in [2.75, 3.05) is 6.54 Å². The van der Waals surface area contributed by atoms with Gasteiger partial charge in [0.1, 0.15) is 0 Å². The molecule has 2 N–H and O–H groups in total. The molecule has 2 aromatic rings. The predicted molar refractivity (Wildman–Crippen MR) is 77.0 cm³/mol. The smallest absolute Gasteiger partial charge is 0.335 e. The van der Waals surface area contributed by atoms with E-state index in [1.165, 1.54) is 0 Å². The van der Waals surface area contributed by atoms with E-state index < -0.39 is 5.97 Å². The lowest BCUT2D eigenvalue weighted by Crippen LogP contribution is -2.26. The van der Waals surface area contributed by atoms with E-state index in [0.717, 1.165) is 5.56 Å². The molecule has 0 spiro atoms. The molecule has 6 heteroatoms. The molecule has 0 saturated heterocycles. The molecular formula is C15H17N3O3. The van der Waals surface area contributed by atoms with Crippen molar-refractivity contribution in [3.63, 3.8) is 0 Å². The molecule has 2 rings (SSSR count). The summed E-state index contributed by atoms with van der Waals surface area (Å²) < 4.78 is 1.84. The third kappa shape index (κ3) is 4.76. The van der Waals surface area contributed by atoms with Gasteiger partial charge >= 0.3 is 5.97 Å². The second-order valence-electron chi connectivity index (χ2n) is 4.66. The zero-order valence-corrected chi connectivity index (χ0v) is 11.5. The lowest BCUT2D eigenvalue weighted by molar-refractivity contribution is -0.121. The highest BCUT2D eigenvalue weighted by molar-refractivity contribution is 5.87. The summed E-state index contributed by atoms with van der Waals surface area (Å²) in [5.41, 5.74) is 1.16. The summed E-state index contributed by atoms with van der Waals surface area (Å²) in [6, 6.07) is 6.74. The molecule has 1 aromatic carbocycles. The number of hydrogen-bond acceptors (Lipinski definition) is 3. The van der Waals surface area contributed by atoms with Gasteiger partial charge in [-0.15, -0.1) is 0 Å². The summed E-state index contributed by atoms with van der Waals surface area (Å²) in [6.07, 6.45) is 6.16. The topological polar surface area (TPSA) is 84.2 Å². The van der Waals surface area contributed by atoms with Gasteiger partial charge in [-0.25, -0.2) is 9.78 Å². The van der Waals surface area contributed by atoms with Gasteiger partial charge in [-0.3, -0.25) is 4.79 Å². The Morgan fingerprint density at radius 1 is 1.33 bits per heavy atom. The number of amides is 1. The summed E-state index contributed by atoms with van der Waals surface area (Å²) in [5, 5.41) is 11.7. The number of carbonyl (C=O) groups excluding carboxylic acids is 1. The monoisotopic (exact) mass is 287 g/mol. The van der Waals surface area contributed by atoms with Gasteiger partial charge in [0.25, 0.3) is 0 Å². The van der Waals surface area contributed by atoms with E-state index in [2.05, 4.69) is 10.3 Å². The van der Waals surface area contributed by atoms with Gasteiger partial charge in [0.05, 0.1) is 11.9 Å². The molecule has 0 unspecified atom stereocenters. The molecular weight excluding hydrogens is 270 g/mol. The number of aryl methyl sites for hydroxylation is 1. The van der Waals surface area contributed by atoms with Crippen molar-refractivity contribution in [2.24, 2.45) is 0 Å². The first-order valence-electron chi connectivity index (χ1n) is 6.70. The average molecular weight is 287 g/mol. The van der Waals surface area contributed by atoms with Gasteiger partial charge in [0.15, 0.2) is 0 Å². The molecule has 1 aromatic heterocycles. The number of benzene rings is 1. The van der Waals surface area contributed by atoms with E-state index in [-0.39, 0.29) is 11.5 Å². The summed E-state index contributed by atoms with van der Waals surface area (Å²) in [7, 11) is 0. The van der Waals surface area contributed by atoms with E-state index >= 15 is 0 Å². The Kier molecular flexibility index (Phi) is 5.09. The molecule has 1 amide bonds. The maximum absolute atomic E-state index is 11.7. The fourth-order valence-corrected chi connectivity index (χ4v) is 1.94. The minimum atomic E-state index is -0.943. The number of nitrogens with one attached hydrogen (secondary N) is 1. The number of aromatic nitrogens is 2. The Hall–Kier alpha value is -2.63. The number of carbonyl (C=O) groups is 2. The zero-order valence-electron chi connectivity index (χ0n) is 11.5. The van der Waals surface area contributed by atoms with Crippen LogP contribution < -0.4 is 5.32 Å². The molecule has 0 fully saturated rings. The maximum Gasteiger partial charge on any atom is 0.335 e. The van der Waals surface area contributed by atoms with E-state index in [0.29, 0.717) is 25.9 Å². The van der Waals surface area contributed by atoms with Crippen LogP contribution in [0.15, 0.2) is 43.0 Å². The fourth-order valence-electron chi connectivity index (χ4n) is 1.94. The summed E-state index contributed by atoms with van der Waals surface area (Å²) in [6.45, 7) is 1.09. The Labute approximate surface area is 122 Å². The van der Waals surface area contributed by atoms with Gasteiger partial charge in [-0.2, -0.15) is 0 Å². The van der Waals surface area contributed by atoms with Crippen LogP contribution in [0.5, 0.6) is 0 Å².